The van der Waals surface area contributed by atoms with Gasteiger partial charge in [0.25, 0.3) is 0 Å². The van der Waals surface area contributed by atoms with Gasteiger partial charge in [0.05, 0.1) is 6.04 Å². The molecular formula is C14H12BrClFN. The lowest BCUT2D eigenvalue weighted by Gasteiger charge is -2.19. The summed E-state index contributed by atoms with van der Waals surface area (Å²) < 4.78 is 14.7. The fourth-order valence-corrected chi connectivity index (χ4v) is 2.71. The number of benzene rings is 2. The third kappa shape index (κ3) is 2.74. The molecule has 0 fully saturated rings. The number of rotatable bonds is 3. The summed E-state index contributed by atoms with van der Waals surface area (Å²) in [5.74, 6) is -0.240. The van der Waals surface area contributed by atoms with Crippen molar-refractivity contribution < 1.29 is 4.39 Å². The highest BCUT2D eigenvalue weighted by Crippen LogP contribution is 2.31. The Labute approximate surface area is 119 Å². The predicted molar refractivity (Wildman–Crippen MR) is 76.5 cm³/mol. The molecule has 2 aromatic carbocycles. The minimum Gasteiger partial charge on any atom is -0.309 e. The lowest BCUT2D eigenvalue weighted by atomic mass is 9.98. The van der Waals surface area contributed by atoms with Gasteiger partial charge in [-0.25, -0.2) is 4.39 Å². The Morgan fingerprint density at radius 1 is 1.17 bits per heavy atom. The molecule has 1 unspecified atom stereocenters. The molecular weight excluding hydrogens is 317 g/mol. The second-order valence-corrected chi connectivity index (χ2v) is 5.23. The summed E-state index contributed by atoms with van der Waals surface area (Å²) in [5, 5.41) is 3.70. The third-order valence-electron chi connectivity index (χ3n) is 2.78. The first-order valence-corrected chi connectivity index (χ1v) is 6.67. The molecule has 0 saturated carbocycles. The molecule has 0 spiro atoms. The van der Waals surface area contributed by atoms with Crippen molar-refractivity contribution in [1.82, 2.24) is 5.32 Å². The topological polar surface area (TPSA) is 12.0 Å². The zero-order valence-electron chi connectivity index (χ0n) is 9.75. The van der Waals surface area contributed by atoms with Gasteiger partial charge in [-0.1, -0.05) is 51.8 Å². The van der Waals surface area contributed by atoms with E-state index in [1.807, 2.05) is 24.3 Å². The van der Waals surface area contributed by atoms with Crippen LogP contribution in [0, 0.1) is 5.82 Å². The monoisotopic (exact) mass is 327 g/mol. The van der Waals surface area contributed by atoms with Gasteiger partial charge in [0.1, 0.15) is 5.82 Å². The highest BCUT2D eigenvalue weighted by Gasteiger charge is 2.18. The minimum absolute atomic E-state index is 0.240. The Bertz CT molecular complexity index is 559. The molecule has 0 aliphatic carbocycles. The van der Waals surface area contributed by atoms with Crippen LogP contribution in [0.4, 0.5) is 4.39 Å². The van der Waals surface area contributed by atoms with Gasteiger partial charge in [-0.3, -0.25) is 0 Å². The van der Waals surface area contributed by atoms with Crippen LogP contribution in [0.1, 0.15) is 17.2 Å². The largest absolute Gasteiger partial charge is 0.309 e. The number of hydrogen-bond donors (Lipinski definition) is 1. The molecule has 1 N–H and O–H groups in total. The first kappa shape index (κ1) is 13.5. The highest BCUT2D eigenvalue weighted by molar-refractivity contribution is 9.10. The average molecular weight is 329 g/mol. The summed E-state index contributed by atoms with van der Waals surface area (Å²) in [6.07, 6.45) is 0. The summed E-state index contributed by atoms with van der Waals surface area (Å²) in [7, 11) is 1.79. The summed E-state index contributed by atoms with van der Waals surface area (Å²) >= 11 is 9.57. The van der Waals surface area contributed by atoms with E-state index in [2.05, 4.69) is 21.2 Å². The van der Waals surface area contributed by atoms with Gasteiger partial charge in [0.2, 0.25) is 0 Å². The van der Waals surface area contributed by atoms with E-state index in [4.69, 9.17) is 11.6 Å². The van der Waals surface area contributed by atoms with Gasteiger partial charge in [-0.05, 0) is 30.8 Å². The molecule has 2 rings (SSSR count). The van der Waals surface area contributed by atoms with Gasteiger partial charge in [0.15, 0.2) is 0 Å². The minimum atomic E-state index is -0.258. The Morgan fingerprint density at radius 3 is 2.50 bits per heavy atom. The van der Waals surface area contributed by atoms with E-state index < -0.39 is 0 Å². The lowest BCUT2D eigenvalue weighted by Crippen LogP contribution is -2.19. The lowest BCUT2D eigenvalue weighted by molar-refractivity contribution is 0.576. The molecule has 1 nitrogen and oxygen atoms in total. The van der Waals surface area contributed by atoms with Crippen molar-refractivity contribution >= 4 is 27.5 Å². The van der Waals surface area contributed by atoms with Gasteiger partial charge in [-0.15, -0.1) is 0 Å². The van der Waals surface area contributed by atoms with Crippen molar-refractivity contribution in [2.45, 2.75) is 6.04 Å². The van der Waals surface area contributed by atoms with Crippen LogP contribution >= 0.6 is 27.5 Å². The molecule has 0 bridgehead atoms. The molecule has 0 aliphatic rings. The molecule has 0 saturated heterocycles. The van der Waals surface area contributed by atoms with Crippen LogP contribution in [0.3, 0.4) is 0 Å². The molecule has 2 aromatic rings. The first-order valence-electron chi connectivity index (χ1n) is 5.50. The number of halogens is 3. The molecule has 0 aromatic heterocycles. The van der Waals surface area contributed by atoms with Gasteiger partial charge >= 0.3 is 0 Å². The molecule has 0 heterocycles. The smallest absolute Gasteiger partial charge is 0.128 e. The van der Waals surface area contributed by atoms with Crippen molar-refractivity contribution in [2.75, 3.05) is 7.05 Å². The molecule has 94 valence electrons. The second-order valence-electron chi connectivity index (χ2n) is 3.91. The standard InChI is InChI=1S/C14H12BrClFN/c1-18-14(11-4-2-3-5-13(11)17)10-7-6-9(15)8-12(10)16/h2-8,14,18H,1H3. The maximum Gasteiger partial charge on any atom is 0.128 e. The van der Waals surface area contributed by atoms with Crippen LogP contribution in [-0.4, -0.2) is 7.05 Å². The highest BCUT2D eigenvalue weighted by atomic mass is 79.9. The van der Waals surface area contributed by atoms with Crippen LogP contribution in [0.2, 0.25) is 5.02 Å². The predicted octanol–water partition coefficient (Wildman–Crippen LogP) is 4.55. The summed E-state index contributed by atoms with van der Waals surface area (Å²) in [4.78, 5) is 0. The van der Waals surface area contributed by atoms with E-state index in [0.717, 1.165) is 10.0 Å². The van der Waals surface area contributed by atoms with Crippen LogP contribution < -0.4 is 5.32 Å². The molecule has 0 radical (unpaired) electrons. The van der Waals surface area contributed by atoms with Gasteiger partial charge < -0.3 is 5.32 Å². The number of hydrogen-bond acceptors (Lipinski definition) is 1. The maximum absolute atomic E-state index is 13.8. The van der Waals surface area contributed by atoms with Crippen molar-refractivity contribution in [3.05, 3.63) is 68.9 Å². The summed E-state index contributed by atoms with van der Waals surface area (Å²) in [6, 6.07) is 12.0. The third-order valence-corrected chi connectivity index (χ3v) is 3.60. The van der Waals surface area contributed by atoms with E-state index in [-0.39, 0.29) is 11.9 Å². The zero-order chi connectivity index (χ0) is 13.1. The Balaban J connectivity index is 2.49. The van der Waals surface area contributed by atoms with Crippen LogP contribution in [0.5, 0.6) is 0 Å². The van der Waals surface area contributed by atoms with Gasteiger partial charge in [0, 0.05) is 15.1 Å². The van der Waals surface area contributed by atoms with E-state index in [9.17, 15) is 4.39 Å². The average Bonchev–Trinajstić information content (AvgIpc) is 2.34. The fraction of sp³-hybridized carbons (Fsp3) is 0.143. The second kappa shape index (κ2) is 5.83. The molecule has 4 heteroatoms. The van der Waals surface area contributed by atoms with E-state index in [1.54, 1.807) is 19.2 Å². The van der Waals surface area contributed by atoms with Gasteiger partial charge in [-0.2, -0.15) is 0 Å². The van der Waals surface area contributed by atoms with Crippen molar-refractivity contribution in [1.29, 1.82) is 0 Å². The SMILES string of the molecule is CNC(c1ccccc1F)c1ccc(Br)cc1Cl. The Hall–Kier alpha value is -0.900. The maximum atomic E-state index is 13.8. The van der Waals surface area contributed by atoms with Crippen LogP contribution in [0.15, 0.2) is 46.9 Å². The summed E-state index contributed by atoms with van der Waals surface area (Å²) in [6.45, 7) is 0. The summed E-state index contributed by atoms with van der Waals surface area (Å²) in [5.41, 5.74) is 1.44. The quantitative estimate of drug-likeness (QED) is 0.871. The fourth-order valence-electron chi connectivity index (χ4n) is 1.92. The van der Waals surface area contributed by atoms with E-state index in [1.165, 1.54) is 6.07 Å². The zero-order valence-corrected chi connectivity index (χ0v) is 12.1. The molecule has 1 atom stereocenters. The van der Waals surface area contributed by atoms with Crippen LogP contribution in [0.25, 0.3) is 0 Å². The molecule has 18 heavy (non-hydrogen) atoms. The van der Waals surface area contributed by atoms with Crippen LogP contribution in [-0.2, 0) is 0 Å². The van der Waals surface area contributed by atoms with E-state index in [0.29, 0.717) is 10.6 Å². The van der Waals surface area contributed by atoms with Crippen molar-refractivity contribution in [2.24, 2.45) is 0 Å². The molecule has 0 amide bonds. The Morgan fingerprint density at radius 2 is 1.89 bits per heavy atom. The molecule has 0 aliphatic heterocycles. The number of nitrogens with one attached hydrogen (secondary N) is 1. The normalized spacial score (nSPS) is 12.4. The van der Waals surface area contributed by atoms with Crippen molar-refractivity contribution in [3.63, 3.8) is 0 Å². The Kier molecular flexibility index (Phi) is 4.38. The van der Waals surface area contributed by atoms with E-state index >= 15 is 0 Å². The van der Waals surface area contributed by atoms with Crippen molar-refractivity contribution in [3.8, 4) is 0 Å². The first-order chi connectivity index (χ1) is 8.63.